The van der Waals surface area contributed by atoms with Crippen LogP contribution in [-0.4, -0.2) is 12.5 Å². The summed E-state index contributed by atoms with van der Waals surface area (Å²) in [7, 11) is 0. The van der Waals surface area contributed by atoms with Gasteiger partial charge in [-0.3, -0.25) is 4.79 Å². The summed E-state index contributed by atoms with van der Waals surface area (Å²) in [4.78, 5) is 11.5. The lowest BCUT2D eigenvalue weighted by Crippen LogP contribution is -2.25. The van der Waals surface area contributed by atoms with E-state index in [0.717, 1.165) is 6.54 Å². The predicted octanol–water partition coefficient (Wildman–Crippen LogP) is 2.48. The van der Waals surface area contributed by atoms with Gasteiger partial charge < -0.3 is 5.32 Å². The van der Waals surface area contributed by atoms with E-state index in [0.29, 0.717) is 16.5 Å². The molecule has 0 heterocycles. The van der Waals surface area contributed by atoms with Gasteiger partial charge in [0.25, 0.3) is 5.91 Å². The first-order valence-corrected chi connectivity index (χ1v) is 5.17. The van der Waals surface area contributed by atoms with Gasteiger partial charge in [0.05, 0.1) is 0 Å². The molecule has 1 amide bonds. The van der Waals surface area contributed by atoms with Crippen molar-refractivity contribution in [1.82, 2.24) is 5.32 Å². The maximum absolute atomic E-state index is 11.5. The number of rotatable bonds is 3. The normalized spacial score (nSPS) is 15.2. The number of hydrogen-bond donors (Lipinski definition) is 1. The summed E-state index contributed by atoms with van der Waals surface area (Å²) in [5.74, 6) is 0.708. The molecule has 0 atom stereocenters. The van der Waals surface area contributed by atoms with E-state index in [1.807, 2.05) is 0 Å². The van der Waals surface area contributed by atoms with Crippen LogP contribution >= 0.6 is 11.6 Å². The molecule has 3 heteroatoms. The van der Waals surface area contributed by atoms with Crippen LogP contribution in [0.5, 0.6) is 0 Å². The Labute approximate surface area is 88.3 Å². The van der Waals surface area contributed by atoms with Gasteiger partial charge in [-0.1, -0.05) is 11.6 Å². The van der Waals surface area contributed by atoms with E-state index in [1.54, 1.807) is 24.3 Å². The minimum absolute atomic E-state index is 0.00596. The van der Waals surface area contributed by atoms with Crippen molar-refractivity contribution in [3.8, 4) is 0 Å². The zero-order valence-electron chi connectivity index (χ0n) is 7.79. The highest BCUT2D eigenvalue weighted by Crippen LogP contribution is 2.27. The summed E-state index contributed by atoms with van der Waals surface area (Å²) in [5.41, 5.74) is 0.676. The van der Waals surface area contributed by atoms with Crippen LogP contribution in [0.25, 0.3) is 0 Å². The highest BCUT2D eigenvalue weighted by molar-refractivity contribution is 6.30. The minimum atomic E-state index is -0.00596. The Morgan fingerprint density at radius 3 is 2.57 bits per heavy atom. The standard InChI is InChI=1S/C11H12ClNO/c12-10-5-3-9(4-6-10)11(14)13-7-8-1-2-8/h3-6,8H,1-2,7H2,(H,13,14). The molecule has 1 aromatic rings. The summed E-state index contributed by atoms with van der Waals surface area (Å²) >= 11 is 5.72. The van der Waals surface area contributed by atoms with Crippen LogP contribution in [0, 0.1) is 5.92 Å². The van der Waals surface area contributed by atoms with Crippen molar-refractivity contribution in [3.05, 3.63) is 34.9 Å². The molecule has 1 saturated carbocycles. The van der Waals surface area contributed by atoms with Gasteiger partial charge >= 0.3 is 0 Å². The maximum atomic E-state index is 11.5. The van der Waals surface area contributed by atoms with Crippen molar-refractivity contribution < 1.29 is 4.79 Å². The largest absolute Gasteiger partial charge is 0.352 e. The summed E-state index contributed by atoms with van der Waals surface area (Å²) in [5, 5.41) is 3.55. The third kappa shape index (κ3) is 2.48. The van der Waals surface area contributed by atoms with Crippen molar-refractivity contribution in [1.29, 1.82) is 0 Å². The van der Waals surface area contributed by atoms with E-state index < -0.39 is 0 Å². The molecular formula is C11H12ClNO. The van der Waals surface area contributed by atoms with Crippen molar-refractivity contribution in [2.24, 2.45) is 5.92 Å². The molecule has 2 rings (SSSR count). The smallest absolute Gasteiger partial charge is 0.251 e. The van der Waals surface area contributed by atoms with Crippen molar-refractivity contribution in [2.45, 2.75) is 12.8 Å². The van der Waals surface area contributed by atoms with Gasteiger partial charge in [0.2, 0.25) is 0 Å². The van der Waals surface area contributed by atoms with E-state index in [4.69, 9.17) is 11.6 Å². The second kappa shape index (κ2) is 4.01. The fourth-order valence-electron chi connectivity index (χ4n) is 1.26. The lowest BCUT2D eigenvalue weighted by Gasteiger charge is -2.03. The molecule has 1 aliphatic rings. The highest BCUT2D eigenvalue weighted by Gasteiger charge is 2.21. The number of carbonyl (C=O) groups is 1. The van der Waals surface area contributed by atoms with Crippen molar-refractivity contribution >= 4 is 17.5 Å². The molecule has 74 valence electrons. The Morgan fingerprint density at radius 2 is 2.00 bits per heavy atom. The van der Waals surface area contributed by atoms with E-state index in [-0.39, 0.29) is 5.91 Å². The average Bonchev–Trinajstić information content (AvgIpc) is 2.99. The van der Waals surface area contributed by atoms with Crippen LogP contribution in [-0.2, 0) is 0 Å². The molecule has 0 aliphatic heterocycles. The zero-order valence-corrected chi connectivity index (χ0v) is 8.55. The first-order chi connectivity index (χ1) is 6.75. The van der Waals surface area contributed by atoms with Crippen molar-refractivity contribution in [2.75, 3.05) is 6.54 Å². The summed E-state index contributed by atoms with van der Waals surface area (Å²) in [6.45, 7) is 0.807. The number of hydrogen-bond acceptors (Lipinski definition) is 1. The third-order valence-electron chi connectivity index (χ3n) is 2.35. The molecule has 0 saturated heterocycles. The average molecular weight is 210 g/mol. The maximum Gasteiger partial charge on any atom is 0.251 e. The van der Waals surface area contributed by atoms with E-state index in [9.17, 15) is 4.79 Å². The second-order valence-electron chi connectivity index (χ2n) is 3.66. The first kappa shape index (κ1) is 9.53. The topological polar surface area (TPSA) is 29.1 Å². The predicted molar refractivity (Wildman–Crippen MR) is 56.5 cm³/mol. The number of carbonyl (C=O) groups excluding carboxylic acids is 1. The third-order valence-corrected chi connectivity index (χ3v) is 2.61. The lowest BCUT2D eigenvalue weighted by molar-refractivity contribution is 0.0952. The van der Waals surface area contributed by atoms with Crippen molar-refractivity contribution in [3.63, 3.8) is 0 Å². The molecule has 14 heavy (non-hydrogen) atoms. The van der Waals surface area contributed by atoms with Gasteiger partial charge in [-0.15, -0.1) is 0 Å². The van der Waals surface area contributed by atoms with Gasteiger partial charge in [-0.05, 0) is 43.0 Å². The Kier molecular flexibility index (Phi) is 2.73. The Bertz CT molecular complexity index is 330. The Hall–Kier alpha value is -1.02. The zero-order chi connectivity index (χ0) is 9.97. The van der Waals surface area contributed by atoms with E-state index in [1.165, 1.54) is 12.8 Å². The number of halogens is 1. The molecule has 1 aliphatic carbocycles. The van der Waals surface area contributed by atoms with Gasteiger partial charge in [-0.2, -0.15) is 0 Å². The van der Waals surface area contributed by atoms with Crippen LogP contribution < -0.4 is 5.32 Å². The first-order valence-electron chi connectivity index (χ1n) is 4.79. The van der Waals surface area contributed by atoms with E-state index in [2.05, 4.69) is 5.32 Å². The highest BCUT2D eigenvalue weighted by atomic mass is 35.5. The molecule has 0 aromatic heterocycles. The SMILES string of the molecule is O=C(NCC1CC1)c1ccc(Cl)cc1. The van der Waals surface area contributed by atoms with Crippen LogP contribution in [0.1, 0.15) is 23.2 Å². The number of amides is 1. The molecule has 1 fully saturated rings. The van der Waals surface area contributed by atoms with Gasteiger partial charge in [0.15, 0.2) is 0 Å². The van der Waals surface area contributed by atoms with Gasteiger partial charge in [0, 0.05) is 17.1 Å². The molecule has 0 bridgehead atoms. The molecule has 1 aromatic carbocycles. The van der Waals surface area contributed by atoms with Crippen LogP contribution in [0.4, 0.5) is 0 Å². The molecule has 0 spiro atoms. The van der Waals surface area contributed by atoms with Crippen LogP contribution in [0.3, 0.4) is 0 Å². The monoisotopic (exact) mass is 209 g/mol. The fraction of sp³-hybridized carbons (Fsp3) is 0.364. The Morgan fingerprint density at radius 1 is 1.36 bits per heavy atom. The van der Waals surface area contributed by atoms with Gasteiger partial charge in [-0.25, -0.2) is 0 Å². The molecule has 2 nitrogen and oxygen atoms in total. The summed E-state index contributed by atoms with van der Waals surface area (Å²) < 4.78 is 0. The van der Waals surface area contributed by atoms with Crippen LogP contribution in [0.2, 0.25) is 5.02 Å². The molecule has 1 N–H and O–H groups in total. The van der Waals surface area contributed by atoms with E-state index >= 15 is 0 Å². The number of benzene rings is 1. The van der Waals surface area contributed by atoms with Gasteiger partial charge in [0.1, 0.15) is 0 Å². The second-order valence-corrected chi connectivity index (χ2v) is 4.10. The number of nitrogens with one attached hydrogen (secondary N) is 1. The molecule has 0 radical (unpaired) electrons. The minimum Gasteiger partial charge on any atom is -0.352 e. The molecular weight excluding hydrogens is 198 g/mol. The van der Waals surface area contributed by atoms with Crippen LogP contribution in [0.15, 0.2) is 24.3 Å². The summed E-state index contributed by atoms with van der Waals surface area (Å²) in [6.07, 6.45) is 2.50. The lowest BCUT2D eigenvalue weighted by atomic mass is 10.2. The summed E-state index contributed by atoms with van der Waals surface area (Å²) in [6, 6.07) is 6.94. The molecule has 0 unspecified atom stereocenters. The quantitative estimate of drug-likeness (QED) is 0.814. The fourth-order valence-corrected chi connectivity index (χ4v) is 1.39. The Balaban J connectivity index is 1.92.